The minimum atomic E-state index is -0.236. The molecule has 0 aliphatic rings. The average molecular weight is 356 g/mol. The number of hydrogen-bond donors (Lipinski definition) is 2. The van der Waals surface area contributed by atoms with E-state index >= 15 is 0 Å². The van der Waals surface area contributed by atoms with Gasteiger partial charge >= 0.3 is 0 Å². The fourth-order valence-electron chi connectivity index (χ4n) is 2.46. The number of aryl methyl sites for hydroxylation is 2. The molecular weight excluding hydrogens is 332 g/mol. The van der Waals surface area contributed by atoms with Crippen LogP contribution in [0.1, 0.15) is 35.3 Å². The molecule has 0 saturated heterocycles. The SMILES string of the molecule is Cc1cccc(C)c1NC(=O)CNC(=O)c1ccccc1SC(C)C. The maximum Gasteiger partial charge on any atom is 0.252 e. The predicted molar refractivity (Wildman–Crippen MR) is 104 cm³/mol. The monoisotopic (exact) mass is 356 g/mol. The zero-order chi connectivity index (χ0) is 18.4. The maximum absolute atomic E-state index is 12.4. The number of anilines is 1. The van der Waals surface area contributed by atoms with Gasteiger partial charge in [-0.05, 0) is 37.1 Å². The largest absolute Gasteiger partial charge is 0.343 e. The van der Waals surface area contributed by atoms with Crippen molar-refractivity contribution in [3.63, 3.8) is 0 Å². The Morgan fingerprint density at radius 1 is 1.00 bits per heavy atom. The molecule has 0 heterocycles. The summed E-state index contributed by atoms with van der Waals surface area (Å²) in [6, 6.07) is 13.3. The maximum atomic E-state index is 12.4. The lowest BCUT2D eigenvalue weighted by Gasteiger charge is -2.13. The van der Waals surface area contributed by atoms with Gasteiger partial charge in [0.05, 0.1) is 12.1 Å². The van der Waals surface area contributed by atoms with E-state index < -0.39 is 0 Å². The van der Waals surface area contributed by atoms with Gasteiger partial charge in [-0.15, -0.1) is 11.8 Å². The molecule has 0 saturated carbocycles. The van der Waals surface area contributed by atoms with Crippen LogP contribution in [0.2, 0.25) is 0 Å². The van der Waals surface area contributed by atoms with Gasteiger partial charge in [0, 0.05) is 15.8 Å². The summed E-state index contributed by atoms with van der Waals surface area (Å²) in [7, 11) is 0. The van der Waals surface area contributed by atoms with Gasteiger partial charge in [-0.2, -0.15) is 0 Å². The lowest BCUT2D eigenvalue weighted by molar-refractivity contribution is -0.115. The minimum Gasteiger partial charge on any atom is -0.343 e. The highest BCUT2D eigenvalue weighted by molar-refractivity contribution is 8.00. The van der Waals surface area contributed by atoms with Gasteiger partial charge in [0.2, 0.25) is 5.91 Å². The predicted octanol–water partition coefficient (Wildman–Crippen LogP) is 4.17. The van der Waals surface area contributed by atoms with Crippen LogP contribution in [0, 0.1) is 13.8 Å². The molecule has 0 bridgehead atoms. The van der Waals surface area contributed by atoms with Crippen molar-refractivity contribution in [1.29, 1.82) is 0 Å². The molecular formula is C20H24N2O2S. The van der Waals surface area contributed by atoms with E-state index in [2.05, 4.69) is 24.5 Å². The highest BCUT2D eigenvalue weighted by Crippen LogP contribution is 2.26. The first-order valence-corrected chi connectivity index (χ1v) is 9.16. The van der Waals surface area contributed by atoms with Gasteiger partial charge in [-0.3, -0.25) is 9.59 Å². The van der Waals surface area contributed by atoms with Gasteiger partial charge < -0.3 is 10.6 Å². The Morgan fingerprint density at radius 3 is 2.28 bits per heavy atom. The topological polar surface area (TPSA) is 58.2 Å². The van der Waals surface area contributed by atoms with Crippen molar-refractivity contribution in [3.05, 3.63) is 59.2 Å². The summed E-state index contributed by atoms with van der Waals surface area (Å²) in [5.41, 5.74) is 3.40. The fraction of sp³-hybridized carbons (Fsp3) is 0.300. The third kappa shape index (κ3) is 5.36. The number of nitrogens with one attached hydrogen (secondary N) is 2. The smallest absolute Gasteiger partial charge is 0.252 e. The third-order valence-electron chi connectivity index (χ3n) is 3.65. The highest BCUT2D eigenvalue weighted by Gasteiger charge is 2.14. The van der Waals surface area contributed by atoms with Crippen molar-refractivity contribution in [2.45, 2.75) is 37.8 Å². The number of para-hydroxylation sites is 1. The molecule has 0 fully saturated rings. The summed E-state index contributed by atoms with van der Waals surface area (Å²) in [5.74, 6) is -0.472. The molecule has 0 aliphatic carbocycles. The standard InChI is InChI=1S/C20H24N2O2S/c1-13(2)25-17-11-6-5-10-16(17)20(24)21-12-18(23)22-19-14(3)8-7-9-15(19)4/h5-11,13H,12H2,1-4H3,(H,21,24)(H,22,23). The van der Waals surface area contributed by atoms with E-state index in [0.29, 0.717) is 10.8 Å². The summed E-state index contributed by atoms with van der Waals surface area (Å²) in [6.45, 7) is 7.99. The number of carbonyl (C=O) groups excluding carboxylic acids is 2. The van der Waals surface area contributed by atoms with E-state index in [-0.39, 0.29) is 18.4 Å². The van der Waals surface area contributed by atoms with E-state index in [1.807, 2.05) is 50.2 Å². The van der Waals surface area contributed by atoms with Crippen LogP contribution in [0.5, 0.6) is 0 Å². The van der Waals surface area contributed by atoms with Crippen molar-refractivity contribution >= 4 is 29.3 Å². The molecule has 2 amide bonds. The molecule has 5 heteroatoms. The second-order valence-corrected chi connectivity index (χ2v) is 7.78. The zero-order valence-electron chi connectivity index (χ0n) is 15.1. The van der Waals surface area contributed by atoms with Crippen LogP contribution in [0.25, 0.3) is 0 Å². The molecule has 132 valence electrons. The van der Waals surface area contributed by atoms with Gasteiger partial charge in [0.25, 0.3) is 5.91 Å². The summed E-state index contributed by atoms with van der Waals surface area (Å²) in [6.07, 6.45) is 0. The molecule has 4 nitrogen and oxygen atoms in total. The van der Waals surface area contributed by atoms with E-state index in [1.165, 1.54) is 0 Å². The second kappa shape index (κ2) is 8.72. The molecule has 2 N–H and O–H groups in total. The number of benzene rings is 2. The minimum absolute atomic E-state index is 0.0622. The molecule has 0 unspecified atom stereocenters. The Balaban J connectivity index is 1.99. The number of hydrogen-bond acceptors (Lipinski definition) is 3. The molecule has 0 aromatic heterocycles. The van der Waals surface area contributed by atoms with Gasteiger partial charge in [0.15, 0.2) is 0 Å². The van der Waals surface area contributed by atoms with Crippen LogP contribution >= 0.6 is 11.8 Å². The summed E-state index contributed by atoms with van der Waals surface area (Å²) in [4.78, 5) is 25.5. The van der Waals surface area contributed by atoms with E-state index in [1.54, 1.807) is 17.8 Å². The van der Waals surface area contributed by atoms with Gasteiger partial charge in [0.1, 0.15) is 0 Å². The molecule has 2 aromatic carbocycles. The molecule has 0 aliphatic heterocycles. The van der Waals surface area contributed by atoms with Crippen LogP contribution in [0.4, 0.5) is 5.69 Å². The van der Waals surface area contributed by atoms with Crippen LogP contribution in [-0.4, -0.2) is 23.6 Å². The van der Waals surface area contributed by atoms with Crippen molar-refractivity contribution in [3.8, 4) is 0 Å². The quantitative estimate of drug-likeness (QED) is 0.764. The van der Waals surface area contributed by atoms with Crippen molar-refractivity contribution in [1.82, 2.24) is 5.32 Å². The van der Waals surface area contributed by atoms with Crippen LogP contribution in [-0.2, 0) is 4.79 Å². The lowest BCUT2D eigenvalue weighted by atomic mass is 10.1. The number of amides is 2. The summed E-state index contributed by atoms with van der Waals surface area (Å²) >= 11 is 1.63. The van der Waals surface area contributed by atoms with E-state index in [0.717, 1.165) is 21.7 Å². The summed E-state index contributed by atoms with van der Waals surface area (Å²) < 4.78 is 0. The zero-order valence-corrected chi connectivity index (χ0v) is 15.9. The van der Waals surface area contributed by atoms with Gasteiger partial charge in [-0.25, -0.2) is 0 Å². The lowest BCUT2D eigenvalue weighted by Crippen LogP contribution is -2.33. The second-order valence-electron chi connectivity index (χ2n) is 6.16. The van der Waals surface area contributed by atoms with Crippen LogP contribution in [0.3, 0.4) is 0 Å². The van der Waals surface area contributed by atoms with Crippen molar-refractivity contribution < 1.29 is 9.59 Å². The third-order valence-corrected chi connectivity index (χ3v) is 4.73. The van der Waals surface area contributed by atoms with Crippen molar-refractivity contribution in [2.24, 2.45) is 0 Å². The van der Waals surface area contributed by atoms with Crippen LogP contribution < -0.4 is 10.6 Å². The Kier molecular flexibility index (Phi) is 6.65. The molecule has 2 aromatic rings. The first kappa shape index (κ1) is 19.1. The Hall–Kier alpha value is -2.27. The first-order valence-electron chi connectivity index (χ1n) is 8.28. The normalized spacial score (nSPS) is 10.6. The van der Waals surface area contributed by atoms with E-state index in [9.17, 15) is 9.59 Å². The van der Waals surface area contributed by atoms with E-state index in [4.69, 9.17) is 0 Å². The average Bonchev–Trinajstić information content (AvgIpc) is 2.56. The molecule has 0 spiro atoms. The number of thioether (sulfide) groups is 1. The summed E-state index contributed by atoms with van der Waals surface area (Å²) in [5, 5.41) is 5.96. The molecule has 0 atom stereocenters. The number of rotatable bonds is 6. The van der Waals surface area contributed by atoms with Gasteiger partial charge in [-0.1, -0.05) is 44.2 Å². The highest BCUT2D eigenvalue weighted by atomic mass is 32.2. The first-order chi connectivity index (χ1) is 11.9. The molecule has 25 heavy (non-hydrogen) atoms. The molecule has 0 radical (unpaired) electrons. The number of carbonyl (C=O) groups is 2. The van der Waals surface area contributed by atoms with Crippen LogP contribution in [0.15, 0.2) is 47.4 Å². The Morgan fingerprint density at radius 2 is 1.64 bits per heavy atom. The Labute approximate surface area is 153 Å². The Bertz CT molecular complexity index is 752. The molecule has 2 rings (SSSR count). The fourth-order valence-corrected chi connectivity index (χ4v) is 3.41. The van der Waals surface area contributed by atoms with Crippen molar-refractivity contribution in [2.75, 3.05) is 11.9 Å².